The fourth-order valence-corrected chi connectivity index (χ4v) is 6.48. The van der Waals surface area contributed by atoms with Gasteiger partial charge < -0.3 is 9.80 Å². The predicted octanol–water partition coefficient (Wildman–Crippen LogP) is 2.35. The predicted molar refractivity (Wildman–Crippen MR) is 104 cm³/mol. The number of hydrogen-bond donors (Lipinski definition) is 1. The zero-order valence-electron chi connectivity index (χ0n) is 15.3. The lowest BCUT2D eigenvalue weighted by molar-refractivity contribution is -0.917. The van der Waals surface area contributed by atoms with Gasteiger partial charge in [0.25, 0.3) is 0 Å². The van der Waals surface area contributed by atoms with E-state index in [0.717, 1.165) is 56.5 Å². The fraction of sp³-hybridized carbons (Fsp3) is 0.619. The van der Waals surface area contributed by atoms with E-state index in [1.807, 2.05) is 11.3 Å². The van der Waals surface area contributed by atoms with Crippen LogP contribution in [0, 0.1) is 17.8 Å². The number of nitrogens with zero attached hydrogens (tertiary/aromatic N) is 2. The monoisotopic (exact) mass is 370 g/mol. The summed E-state index contributed by atoms with van der Waals surface area (Å²) in [6, 6.07) is 8.38. The highest BCUT2D eigenvalue weighted by Crippen LogP contribution is 2.49. The minimum atomic E-state index is 0.418. The molecule has 0 radical (unpaired) electrons. The zero-order valence-corrected chi connectivity index (χ0v) is 16.1. The first-order chi connectivity index (χ1) is 12.7. The van der Waals surface area contributed by atoms with Crippen LogP contribution in [0.3, 0.4) is 0 Å². The van der Waals surface area contributed by atoms with Crippen molar-refractivity contribution in [1.29, 1.82) is 0 Å². The number of amides is 1. The van der Waals surface area contributed by atoms with Gasteiger partial charge in [0, 0.05) is 6.42 Å². The topological polar surface area (TPSA) is 37.6 Å². The lowest BCUT2D eigenvalue weighted by atomic mass is 9.86. The third-order valence-corrected chi connectivity index (χ3v) is 7.92. The van der Waals surface area contributed by atoms with E-state index in [-0.39, 0.29) is 0 Å². The Bertz CT molecular complexity index is 762. The summed E-state index contributed by atoms with van der Waals surface area (Å²) >= 11 is 1.81. The van der Waals surface area contributed by atoms with Crippen molar-refractivity contribution in [2.45, 2.75) is 38.6 Å². The molecule has 3 atom stereocenters. The van der Waals surface area contributed by atoms with Crippen LogP contribution in [0.15, 0.2) is 24.3 Å². The maximum atomic E-state index is 12.7. The fourth-order valence-electron chi connectivity index (χ4n) is 5.44. The number of hydrogen-bond acceptors (Lipinski definition) is 3. The quantitative estimate of drug-likeness (QED) is 0.897. The van der Waals surface area contributed by atoms with Gasteiger partial charge in [0.15, 0.2) is 0 Å². The second-order valence-electron chi connectivity index (χ2n) is 8.52. The molecule has 3 aliphatic rings. The third-order valence-electron chi connectivity index (χ3n) is 6.88. The van der Waals surface area contributed by atoms with Crippen LogP contribution in [0.25, 0.3) is 10.2 Å². The lowest BCUT2D eigenvalue weighted by Gasteiger charge is -2.33. The largest absolute Gasteiger partial charge is 0.331 e. The first kappa shape index (κ1) is 16.7. The summed E-state index contributed by atoms with van der Waals surface area (Å²) in [5, 5.41) is 1.22. The molecule has 3 fully saturated rings. The van der Waals surface area contributed by atoms with Crippen molar-refractivity contribution in [1.82, 2.24) is 9.88 Å². The standard InChI is InChI=1S/C21H27N3OS/c25-21(13-17-12-15-5-6-16(17)11-15)24-9-7-23(8-10-24)14-20-22-18-3-1-2-4-19(18)26-20/h1-4,15-17H,5-14H2/p+1/t15-,16+,17+/m0/s1. The van der Waals surface area contributed by atoms with Crippen molar-refractivity contribution >= 4 is 27.5 Å². The summed E-state index contributed by atoms with van der Waals surface area (Å²) in [6.45, 7) is 4.93. The van der Waals surface area contributed by atoms with E-state index in [4.69, 9.17) is 4.98 Å². The second-order valence-corrected chi connectivity index (χ2v) is 9.64. The molecule has 1 aliphatic heterocycles. The van der Waals surface area contributed by atoms with Gasteiger partial charge in [-0.05, 0) is 49.1 Å². The van der Waals surface area contributed by atoms with Crippen LogP contribution in [0.5, 0.6) is 0 Å². The second kappa shape index (κ2) is 6.93. The molecule has 4 nitrogen and oxygen atoms in total. The number of rotatable bonds is 4. The average Bonchev–Trinajstić information content (AvgIpc) is 3.36. The normalized spacial score (nSPS) is 28.9. The molecular formula is C21H28N3OS+. The molecule has 2 saturated carbocycles. The lowest BCUT2D eigenvalue weighted by Crippen LogP contribution is -3.13. The molecule has 1 amide bonds. The Morgan fingerprint density at radius 2 is 2.04 bits per heavy atom. The average molecular weight is 371 g/mol. The van der Waals surface area contributed by atoms with Gasteiger partial charge in [0.05, 0.1) is 36.4 Å². The SMILES string of the molecule is O=C(C[C@H]1C[C@H]2CC[C@@H]1C2)N1CC[NH+](Cc2nc3ccccc3s2)CC1. The summed E-state index contributed by atoms with van der Waals surface area (Å²) in [5.74, 6) is 2.90. The number of benzene rings is 1. The van der Waals surface area contributed by atoms with Crippen LogP contribution >= 0.6 is 11.3 Å². The molecule has 1 aromatic heterocycles. The van der Waals surface area contributed by atoms with E-state index in [2.05, 4.69) is 29.2 Å². The van der Waals surface area contributed by atoms with Gasteiger partial charge in [0.2, 0.25) is 5.91 Å². The molecule has 2 bridgehead atoms. The Labute approximate surface area is 159 Å². The number of carbonyl (C=O) groups excluding carboxylic acids is 1. The zero-order chi connectivity index (χ0) is 17.5. The van der Waals surface area contributed by atoms with Gasteiger partial charge in [-0.2, -0.15) is 0 Å². The van der Waals surface area contributed by atoms with E-state index in [1.165, 1.54) is 35.4 Å². The van der Waals surface area contributed by atoms with Crippen LogP contribution in [0.4, 0.5) is 0 Å². The molecule has 0 unspecified atom stereocenters. The highest BCUT2D eigenvalue weighted by molar-refractivity contribution is 7.18. The van der Waals surface area contributed by atoms with Gasteiger partial charge in [0.1, 0.15) is 11.6 Å². The summed E-state index contributed by atoms with van der Waals surface area (Å²) in [4.78, 5) is 21.2. The number of nitrogens with one attached hydrogen (secondary N) is 1. The number of carbonyl (C=O) groups is 1. The molecule has 26 heavy (non-hydrogen) atoms. The van der Waals surface area contributed by atoms with Gasteiger partial charge in [-0.25, -0.2) is 4.98 Å². The highest BCUT2D eigenvalue weighted by Gasteiger charge is 2.40. The Morgan fingerprint density at radius 1 is 1.19 bits per heavy atom. The van der Waals surface area contributed by atoms with E-state index >= 15 is 0 Å². The van der Waals surface area contributed by atoms with Crippen molar-refractivity contribution in [3.05, 3.63) is 29.3 Å². The molecular weight excluding hydrogens is 342 g/mol. The third kappa shape index (κ3) is 3.27. The van der Waals surface area contributed by atoms with E-state index in [9.17, 15) is 4.79 Å². The number of thiazole rings is 1. The van der Waals surface area contributed by atoms with Crippen LogP contribution in [-0.4, -0.2) is 42.0 Å². The summed E-state index contributed by atoms with van der Waals surface area (Å²) in [5.41, 5.74) is 1.12. The van der Waals surface area contributed by atoms with Crippen LogP contribution < -0.4 is 4.90 Å². The van der Waals surface area contributed by atoms with Crippen LogP contribution in [0.2, 0.25) is 0 Å². The van der Waals surface area contributed by atoms with E-state index in [1.54, 1.807) is 4.90 Å². The molecule has 1 N–H and O–H groups in total. The Kier molecular flexibility index (Phi) is 4.45. The molecule has 2 heterocycles. The minimum absolute atomic E-state index is 0.418. The molecule has 2 aliphatic carbocycles. The summed E-state index contributed by atoms with van der Waals surface area (Å²) < 4.78 is 1.28. The van der Waals surface area contributed by atoms with Crippen molar-refractivity contribution in [2.24, 2.45) is 17.8 Å². The van der Waals surface area contributed by atoms with E-state index < -0.39 is 0 Å². The number of para-hydroxylation sites is 1. The number of piperazine rings is 1. The number of quaternary nitrogens is 1. The first-order valence-corrected chi connectivity index (χ1v) is 11.0. The number of aromatic nitrogens is 1. The van der Waals surface area contributed by atoms with Crippen LogP contribution in [-0.2, 0) is 11.3 Å². The summed E-state index contributed by atoms with van der Waals surface area (Å²) in [7, 11) is 0. The number of fused-ring (bicyclic) bond motifs is 3. The maximum absolute atomic E-state index is 12.7. The van der Waals surface area contributed by atoms with Crippen molar-refractivity contribution in [3.63, 3.8) is 0 Å². The minimum Gasteiger partial charge on any atom is -0.331 e. The summed E-state index contributed by atoms with van der Waals surface area (Å²) in [6.07, 6.45) is 6.33. The molecule has 2 aromatic rings. The maximum Gasteiger partial charge on any atom is 0.223 e. The molecule has 138 valence electrons. The van der Waals surface area contributed by atoms with Gasteiger partial charge >= 0.3 is 0 Å². The van der Waals surface area contributed by atoms with Crippen molar-refractivity contribution in [3.8, 4) is 0 Å². The van der Waals surface area contributed by atoms with Gasteiger partial charge in [-0.1, -0.05) is 18.6 Å². The van der Waals surface area contributed by atoms with E-state index in [0.29, 0.717) is 11.8 Å². The van der Waals surface area contributed by atoms with Crippen molar-refractivity contribution < 1.29 is 9.69 Å². The molecule has 5 rings (SSSR count). The van der Waals surface area contributed by atoms with Gasteiger partial charge in [-0.15, -0.1) is 11.3 Å². The Hall–Kier alpha value is -1.46. The smallest absolute Gasteiger partial charge is 0.223 e. The Morgan fingerprint density at radius 3 is 2.77 bits per heavy atom. The molecule has 1 aromatic carbocycles. The Balaban J connectivity index is 1.13. The van der Waals surface area contributed by atoms with Crippen molar-refractivity contribution in [2.75, 3.05) is 26.2 Å². The van der Waals surface area contributed by atoms with Crippen LogP contribution in [0.1, 0.15) is 37.1 Å². The molecule has 0 spiro atoms. The van der Waals surface area contributed by atoms with Gasteiger partial charge in [-0.3, -0.25) is 4.79 Å². The molecule has 1 saturated heterocycles. The first-order valence-electron chi connectivity index (χ1n) is 10.2. The highest BCUT2D eigenvalue weighted by atomic mass is 32.1. The molecule has 5 heteroatoms.